The van der Waals surface area contributed by atoms with Crippen LogP contribution in [0.25, 0.3) is 0 Å². The van der Waals surface area contributed by atoms with Crippen LogP contribution < -0.4 is 10.3 Å². The molecular weight excluding hydrogens is 380 g/mol. The van der Waals surface area contributed by atoms with E-state index in [0.717, 1.165) is 21.1 Å². The Labute approximate surface area is 133 Å². The zero-order valence-electron chi connectivity index (χ0n) is 11.1. The van der Waals surface area contributed by atoms with Gasteiger partial charge < -0.3 is 0 Å². The van der Waals surface area contributed by atoms with E-state index in [9.17, 15) is 18.0 Å². The summed E-state index contributed by atoms with van der Waals surface area (Å²) in [5, 5.41) is 0. The van der Waals surface area contributed by atoms with Crippen LogP contribution in [0.5, 0.6) is 0 Å². The van der Waals surface area contributed by atoms with Crippen molar-refractivity contribution in [2.75, 3.05) is 0 Å². The third-order valence-electron chi connectivity index (χ3n) is 2.65. The summed E-state index contributed by atoms with van der Waals surface area (Å²) < 4.78 is 27.0. The van der Waals surface area contributed by atoms with Crippen molar-refractivity contribution in [3.63, 3.8) is 0 Å². The maximum absolute atomic E-state index is 12.1. The fourth-order valence-electron chi connectivity index (χ4n) is 1.52. The number of carbonyl (C=O) groups is 1. The molecule has 1 N–H and O–H groups in total. The maximum atomic E-state index is 12.1. The SMILES string of the molecule is Cc1ccc(S(=O)(=O)NC(=O)n2sc(C)c(Br)c2=O)cc1. The highest BCUT2D eigenvalue weighted by Gasteiger charge is 2.22. The van der Waals surface area contributed by atoms with E-state index in [0.29, 0.717) is 4.88 Å². The van der Waals surface area contributed by atoms with Crippen LogP contribution in [0.4, 0.5) is 4.79 Å². The summed E-state index contributed by atoms with van der Waals surface area (Å²) in [4.78, 5) is 24.3. The van der Waals surface area contributed by atoms with E-state index < -0.39 is 21.6 Å². The molecule has 21 heavy (non-hydrogen) atoms. The molecule has 0 saturated heterocycles. The first-order valence-corrected chi connectivity index (χ1v) is 8.79. The molecule has 1 aromatic carbocycles. The van der Waals surface area contributed by atoms with E-state index in [1.807, 2.05) is 11.6 Å². The van der Waals surface area contributed by atoms with E-state index in [2.05, 4.69) is 15.9 Å². The molecule has 1 aromatic heterocycles. The molecule has 1 amide bonds. The second-order valence-electron chi connectivity index (χ2n) is 4.28. The molecule has 6 nitrogen and oxygen atoms in total. The third kappa shape index (κ3) is 3.25. The smallest absolute Gasteiger partial charge is 0.267 e. The number of amides is 1. The van der Waals surface area contributed by atoms with Gasteiger partial charge in [0, 0.05) is 4.88 Å². The number of aromatic nitrogens is 1. The molecule has 2 rings (SSSR count). The highest BCUT2D eigenvalue weighted by molar-refractivity contribution is 9.10. The Morgan fingerprint density at radius 2 is 1.81 bits per heavy atom. The summed E-state index contributed by atoms with van der Waals surface area (Å²) in [7, 11) is -4.01. The molecule has 0 bridgehead atoms. The first kappa shape index (κ1) is 15.9. The lowest BCUT2D eigenvalue weighted by Gasteiger charge is -2.06. The normalized spacial score (nSPS) is 11.4. The topological polar surface area (TPSA) is 85.2 Å². The van der Waals surface area contributed by atoms with Gasteiger partial charge in [0.15, 0.2) is 0 Å². The van der Waals surface area contributed by atoms with Crippen LogP contribution in [0.15, 0.2) is 38.4 Å². The van der Waals surface area contributed by atoms with E-state index in [1.54, 1.807) is 19.1 Å². The van der Waals surface area contributed by atoms with Crippen LogP contribution in [-0.2, 0) is 10.0 Å². The number of hydrogen-bond donors (Lipinski definition) is 1. The van der Waals surface area contributed by atoms with Gasteiger partial charge in [0.1, 0.15) is 0 Å². The van der Waals surface area contributed by atoms with Crippen molar-refractivity contribution >= 4 is 43.5 Å². The van der Waals surface area contributed by atoms with Crippen LogP contribution in [0.1, 0.15) is 10.4 Å². The second kappa shape index (κ2) is 5.74. The first-order chi connectivity index (χ1) is 9.72. The number of benzene rings is 1. The number of carbonyl (C=O) groups excluding carboxylic acids is 1. The molecule has 112 valence electrons. The van der Waals surface area contributed by atoms with Gasteiger partial charge in [-0.15, -0.1) is 0 Å². The van der Waals surface area contributed by atoms with Gasteiger partial charge in [0.25, 0.3) is 15.6 Å². The molecule has 9 heteroatoms. The Balaban J connectivity index is 2.32. The average Bonchev–Trinajstić information content (AvgIpc) is 2.66. The lowest BCUT2D eigenvalue weighted by atomic mass is 10.2. The molecule has 1 heterocycles. The Bertz CT molecular complexity index is 850. The zero-order chi connectivity index (χ0) is 15.8. The number of halogens is 1. The molecular formula is C12H11BrN2O4S2. The second-order valence-corrected chi connectivity index (χ2v) is 7.92. The molecule has 0 atom stereocenters. The highest BCUT2D eigenvalue weighted by atomic mass is 79.9. The van der Waals surface area contributed by atoms with Crippen LogP contribution >= 0.6 is 27.5 Å². The zero-order valence-corrected chi connectivity index (χ0v) is 14.3. The van der Waals surface area contributed by atoms with Gasteiger partial charge >= 0.3 is 6.03 Å². The molecule has 0 fully saturated rings. The fourth-order valence-corrected chi connectivity index (χ4v) is 3.77. The monoisotopic (exact) mass is 390 g/mol. The van der Waals surface area contributed by atoms with Crippen LogP contribution in [0, 0.1) is 13.8 Å². The molecule has 0 radical (unpaired) electrons. The summed E-state index contributed by atoms with van der Waals surface area (Å²) in [5.74, 6) is 0. The summed E-state index contributed by atoms with van der Waals surface area (Å²) in [6.07, 6.45) is 0. The number of sulfonamides is 1. The number of nitrogens with zero attached hydrogens (tertiary/aromatic N) is 1. The van der Waals surface area contributed by atoms with Gasteiger partial charge in [-0.25, -0.2) is 17.9 Å². The van der Waals surface area contributed by atoms with Crippen LogP contribution in [-0.4, -0.2) is 18.4 Å². The van der Waals surface area contributed by atoms with Crippen molar-refractivity contribution in [2.45, 2.75) is 18.7 Å². The van der Waals surface area contributed by atoms with Gasteiger partial charge in [-0.3, -0.25) is 4.79 Å². The van der Waals surface area contributed by atoms with Crippen molar-refractivity contribution in [2.24, 2.45) is 0 Å². The molecule has 0 saturated carbocycles. The van der Waals surface area contributed by atoms with Crippen molar-refractivity contribution in [1.29, 1.82) is 0 Å². The predicted octanol–water partition coefficient (Wildman–Crippen LogP) is 2.24. The minimum absolute atomic E-state index is 0.0400. The maximum Gasteiger partial charge on any atom is 0.352 e. The van der Waals surface area contributed by atoms with Crippen LogP contribution in [0.2, 0.25) is 0 Å². The molecule has 0 aliphatic heterocycles. The third-order valence-corrected chi connectivity index (χ3v) is 6.17. The lowest BCUT2D eigenvalue weighted by molar-refractivity contribution is 0.248. The summed E-state index contributed by atoms with van der Waals surface area (Å²) in [5.41, 5.74) is 0.309. The minimum atomic E-state index is -4.01. The predicted molar refractivity (Wildman–Crippen MR) is 83.3 cm³/mol. The average molecular weight is 391 g/mol. The number of rotatable bonds is 2. The Kier molecular flexibility index (Phi) is 4.35. The minimum Gasteiger partial charge on any atom is -0.267 e. The van der Waals surface area contributed by atoms with E-state index in [4.69, 9.17) is 0 Å². The van der Waals surface area contributed by atoms with Crippen molar-refractivity contribution in [3.8, 4) is 0 Å². The molecule has 0 spiro atoms. The van der Waals surface area contributed by atoms with Crippen molar-refractivity contribution in [1.82, 2.24) is 8.68 Å². The van der Waals surface area contributed by atoms with Crippen LogP contribution in [0.3, 0.4) is 0 Å². The van der Waals surface area contributed by atoms with Gasteiger partial charge in [0.2, 0.25) is 0 Å². The molecule has 0 aliphatic rings. The number of nitrogens with one attached hydrogen (secondary N) is 1. The quantitative estimate of drug-likeness (QED) is 0.851. The largest absolute Gasteiger partial charge is 0.352 e. The first-order valence-electron chi connectivity index (χ1n) is 5.74. The Morgan fingerprint density at radius 3 is 2.29 bits per heavy atom. The lowest BCUT2D eigenvalue weighted by Crippen LogP contribution is -2.37. The van der Waals surface area contributed by atoms with Gasteiger partial charge in [-0.05, 0) is 41.9 Å². The molecule has 0 aliphatic carbocycles. The molecule has 2 aromatic rings. The van der Waals surface area contributed by atoms with E-state index in [-0.39, 0.29) is 9.37 Å². The Morgan fingerprint density at radius 1 is 1.24 bits per heavy atom. The van der Waals surface area contributed by atoms with Crippen molar-refractivity contribution in [3.05, 3.63) is 49.5 Å². The Hall–Kier alpha value is -1.45. The number of aryl methyl sites for hydroxylation is 2. The van der Waals surface area contributed by atoms with Gasteiger partial charge in [0.05, 0.1) is 9.37 Å². The van der Waals surface area contributed by atoms with E-state index in [1.165, 1.54) is 12.1 Å². The fraction of sp³-hybridized carbons (Fsp3) is 0.167. The highest BCUT2D eigenvalue weighted by Crippen LogP contribution is 2.16. The molecule has 0 unspecified atom stereocenters. The number of hydrogen-bond acceptors (Lipinski definition) is 5. The van der Waals surface area contributed by atoms with Gasteiger partial charge in [-0.1, -0.05) is 29.2 Å². The van der Waals surface area contributed by atoms with Gasteiger partial charge in [-0.2, -0.15) is 3.96 Å². The summed E-state index contributed by atoms with van der Waals surface area (Å²) in [6.45, 7) is 3.47. The standard InChI is InChI=1S/C12H11BrN2O4S2/c1-7-3-5-9(6-4-7)21(18,19)14-12(17)15-11(16)10(13)8(2)20-15/h3-6H,1-2H3,(H,14,17). The van der Waals surface area contributed by atoms with E-state index >= 15 is 0 Å². The summed E-state index contributed by atoms with van der Waals surface area (Å²) >= 11 is 3.92. The summed E-state index contributed by atoms with van der Waals surface area (Å²) in [6, 6.07) is 5.03. The van der Waals surface area contributed by atoms with Crippen molar-refractivity contribution < 1.29 is 13.2 Å².